The summed E-state index contributed by atoms with van der Waals surface area (Å²) in [5.74, 6) is -5.56. The van der Waals surface area contributed by atoms with Crippen molar-refractivity contribution >= 4 is 33.8 Å². The molecule has 1 aromatic rings. The summed E-state index contributed by atoms with van der Waals surface area (Å²) in [5.41, 5.74) is -0.657. The molecule has 1 aliphatic heterocycles. The first kappa shape index (κ1) is 25.0. The molecule has 1 fully saturated rings. The van der Waals surface area contributed by atoms with Crippen LogP contribution in [0.15, 0.2) is 28.7 Å². The lowest BCUT2D eigenvalue weighted by Crippen LogP contribution is -2.61. The third-order valence-electron chi connectivity index (χ3n) is 5.19. The van der Waals surface area contributed by atoms with Crippen molar-refractivity contribution in [1.29, 1.82) is 0 Å². The first-order chi connectivity index (χ1) is 14.2. The summed E-state index contributed by atoms with van der Waals surface area (Å²) in [6.45, 7) is 3.78. The van der Waals surface area contributed by atoms with E-state index in [1.807, 2.05) is 0 Å². The highest BCUT2D eigenvalue weighted by Crippen LogP contribution is 2.35. The van der Waals surface area contributed by atoms with Gasteiger partial charge >= 0.3 is 6.09 Å². The summed E-state index contributed by atoms with van der Waals surface area (Å²) in [4.78, 5) is 42.2. The summed E-state index contributed by atoms with van der Waals surface area (Å²) in [6, 6.07) is 5.09. The Bertz CT molecular complexity index is 840. The highest BCUT2D eigenvalue weighted by Gasteiger charge is 2.50. The predicted octanol–water partition coefficient (Wildman–Crippen LogP) is 3.64. The molecule has 7 nitrogen and oxygen atoms in total. The van der Waals surface area contributed by atoms with Gasteiger partial charge in [0.1, 0.15) is 6.04 Å². The fraction of sp³-hybridized carbons (Fsp3) is 0.571. The zero-order chi connectivity index (χ0) is 23.7. The molecule has 31 heavy (non-hydrogen) atoms. The van der Waals surface area contributed by atoms with Crippen molar-refractivity contribution in [2.24, 2.45) is 0 Å². The standard InChI is InChI=1S/C21H28BrF2N3O4/c1-20(2,3)27(19(30)31)16(18(29)26-11-10-21(23,24)12-26)15(17(28)25(4)5)13-6-8-14(22)9-7-13/h6-9,15-16H,10-12H2,1-5H3,(H,30,31)/t15-,16+/m1/s1. The van der Waals surface area contributed by atoms with Crippen LogP contribution in [0.4, 0.5) is 13.6 Å². The molecule has 0 aliphatic carbocycles. The van der Waals surface area contributed by atoms with E-state index < -0.39 is 54.3 Å². The number of nitrogens with zero attached hydrogens (tertiary/aromatic N) is 3. The van der Waals surface area contributed by atoms with Gasteiger partial charge in [-0.15, -0.1) is 0 Å². The normalized spacial score (nSPS) is 17.7. The molecule has 1 saturated heterocycles. The number of carbonyl (C=O) groups excluding carboxylic acids is 2. The molecule has 2 atom stereocenters. The van der Waals surface area contributed by atoms with Crippen LogP contribution in [0.3, 0.4) is 0 Å². The van der Waals surface area contributed by atoms with Crippen molar-refractivity contribution in [2.75, 3.05) is 27.2 Å². The fourth-order valence-corrected chi connectivity index (χ4v) is 4.01. The van der Waals surface area contributed by atoms with Gasteiger partial charge in [-0.2, -0.15) is 0 Å². The molecule has 0 bridgehead atoms. The first-order valence-electron chi connectivity index (χ1n) is 9.81. The molecule has 1 heterocycles. The molecule has 3 amide bonds. The topological polar surface area (TPSA) is 81.2 Å². The second-order valence-electron chi connectivity index (χ2n) is 8.90. The average Bonchev–Trinajstić information content (AvgIpc) is 3.00. The van der Waals surface area contributed by atoms with Crippen molar-refractivity contribution in [1.82, 2.24) is 14.7 Å². The molecule has 0 spiro atoms. The van der Waals surface area contributed by atoms with Gasteiger partial charge in [0.15, 0.2) is 0 Å². The van der Waals surface area contributed by atoms with E-state index in [0.717, 1.165) is 14.3 Å². The number of amides is 3. The van der Waals surface area contributed by atoms with Crippen LogP contribution in [0.1, 0.15) is 38.7 Å². The molecule has 0 radical (unpaired) electrons. The minimum atomic E-state index is -3.05. The van der Waals surface area contributed by atoms with Crippen LogP contribution in [0.25, 0.3) is 0 Å². The molecule has 10 heteroatoms. The number of hydrogen-bond donors (Lipinski definition) is 1. The monoisotopic (exact) mass is 503 g/mol. The van der Waals surface area contributed by atoms with Crippen LogP contribution in [0.2, 0.25) is 0 Å². The van der Waals surface area contributed by atoms with Gasteiger partial charge in [0.25, 0.3) is 5.92 Å². The number of likely N-dealkylation sites (tertiary alicyclic amines) is 1. The van der Waals surface area contributed by atoms with Crippen LogP contribution in [-0.2, 0) is 9.59 Å². The summed E-state index contributed by atoms with van der Waals surface area (Å²) < 4.78 is 28.5. The molecular weight excluding hydrogens is 476 g/mol. The van der Waals surface area contributed by atoms with E-state index in [4.69, 9.17) is 0 Å². The zero-order valence-corrected chi connectivity index (χ0v) is 19.8. The smallest absolute Gasteiger partial charge is 0.408 e. The van der Waals surface area contributed by atoms with Crippen LogP contribution >= 0.6 is 15.9 Å². The van der Waals surface area contributed by atoms with Crippen LogP contribution in [0, 0.1) is 0 Å². The maximum absolute atomic E-state index is 13.9. The van der Waals surface area contributed by atoms with Crippen molar-refractivity contribution in [3.05, 3.63) is 34.3 Å². The lowest BCUT2D eigenvalue weighted by molar-refractivity contribution is -0.145. The Kier molecular flexibility index (Phi) is 7.35. The van der Waals surface area contributed by atoms with E-state index in [1.54, 1.807) is 45.0 Å². The van der Waals surface area contributed by atoms with Gasteiger partial charge in [0.2, 0.25) is 11.8 Å². The largest absolute Gasteiger partial charge is 0.465 e. The molecule has 1 N–H and O–H groups in total. The summed E-state index contributed by atoms with van der Waals surface area (Å²) in [5, 5.41) is 10.0. The maximum atomic E-state index is 13.9. The van der Waals surface area contributed by atoms with Gasteiger partial charge in [-0.1, -0.05) is 28.1 Å². The number of hydrogen-bond acceptors (Lipinski definition) is 3. The van der Waals surface area contributed by atoms with E-state index in [1.165, 1.54) is 19.0 Å². The minimum absolute atomic E-state index is 0.205. The van der Waals surface area contributed by atoms with Gasteiger partial charge in [0, 0.05) is 37.1 Å². The number of halogens is 3. The Morgan fingerprint density at radius 3 is 2.10 bits per heavy atom. The highest BCUT2D eigenvalue weighted by molar-refractivity contribution is 9.10. The Labute approximate surface area is 189 Å². The maximum Gasteiger partial charge on any atom is 0.408 e. The number of benzene rings is 1. The van der Waals surface area contributed by atoms with Gasteiger partial charge < -0.3 is 14.9 Å². The summed E-state index contributed by atoms with van der Waals surface area (Å²) >= 11 is 3.32. The highest BCUT2D eigenvalue weighted by atomic mass is 79.9. The van der Waals surface area contributed by atoms with Crippen LogP contribution in [-0.4, -0.2) is 82.4 Å². The van der Waals surface area contributed by atoms with E-state index in [9.17, 15) is 28.3 Å². The number of carboxylic acid groups (broad SMARTS) is 1. The van der Waals surface area contributed by atoms with Gasteiger partial charge in [-0.05, 0) is 38.5 Å². The lowest BCUT2D eigenvalue weighted by Gasteiger charge is -2.43. The molecule has 172 valence electrons. The van der Waals surface area contributed by atoms with E-state index in [0.29, 0.717) is 5.56 Å². The minimum Gasteiger partial charge on any atom is -0.465 e. The Hall–Kier alpha value is -2.23. The van der Waals surface area contributed by atoms with Gasteiger partial charge in [-0.3, -0.25) is 14.5 Å². The number of likely N-dealkylation sites (N-methyl/N-ethyl adjacent to an activating group) is 1. The Morgan fingerprint density at radius 2 is 1.71 bits per heavy atom. The van der Waals surface area contributed by atoms with E-state index >= 15 is 0 Å². The predicted molar refractivity (Wildman–Crippen MR) is 115 cm³/mol. The second-order valence-corrected chi connectivity index (χ2v) is 9.81. The summed E-state index contributed by atoms with van der Waals surface area (Å²) in [7, 11) is 3.00. The van der Waals surface area contributed by atoms with Gasteiger partial charge in [0.05, 0.1) is 12.5 Å². The number of alkyl halides is 2. The molecule has 0 saturated carbocycles. The molecule has 0 aromatic heterocycles. The molecule has 1 aromatic carbocycles. The van der Waals surface area contributed by atoms with Crippen LogP contribution in [0.5, 0.6) is 0 Å². The second kappa shape index (κ2) is 9.10. The zero-order valence-electron chi connectivity index (χ0n) is 18.2. The van der Waals surface area contributed by atoms with Crippen molar-refractivity contribution < 1.29 is 28.3 Å². The SMILES string of the molecule is CN(C)C(=O)[C@H](c1ccc(Br)cc1)[C@@H](C(=O)N1CCC(F)(F)C1)N(C(=O)O)C(C)(C)C. The Balaban J connectivity index is 2.68. The van der Waals surface area contributed by atoms with Crippen molar-refractivity contribution in [3.63, 3.8) is 0 Å². The molecule has 1 aliphatic rings. The van der Waals surface area contributed by atoms with Crippen molar-refractivity contribution in [2.45, 2.75) is 50.6 Å². The van der Waals surface area contributed by atoms with Crippen LogP contribution < -0.4 is 0 Å². The number of carbonyl (C=O) groups is 3. The fourth-order valence-electron chi connectivity index (χ4n) is 3.74. The quantitative estimate of drug-likeness (QED) is 0.664. The third kappa shape index (κ3) is 5.72. The summed E-state index contributed by atoms with van der Waals surface area (Å²) in [6.07, 6.45) is -1.91. The molecule has 0 unspecified atom stereocenters. The molecule has 2 rings (SSSR count). The van der Waals surface area contributed by atoms with E-state index in [-0.39, 0.29) is 6.54 Å². The van der Waals surface area contributed by atoms with Crippen molar-refractivity contribution in [3.8, 4) is 0 Å². The molecular formula is C21H28BrF2N3O4. The lowest BCUT2D eigenvalue weighted by atomic mass is 9.86. The average molecular weight is 504 g/mol. The first-order valence-corrected chi connectivity index (χ1v) is 10.6. The van der Waals surface area contributed by atoms with Gasteiger partial charge in [-0.25, -0.2) is 13.6 Å². The Morgan fingerprint density at radius 1 is 1.16 bits per heavy atom. The van der Waals surface area contributed by atoms with E-state index in [2.05, 4.69) is 15.9 Å². The number of rotatable bonds is 5. The third-order valence-corrected chi connectivity index (χ3v) is 5.72.